The van der Waals surface area contributed by atoms with Crippen molar-refractivity contribution in [1.29, 1.82) is 0 Å². The fraction of sp³-hybridized carbons (Fsp3) is 0.952. The lowest BCUT2D eigenvalue weighted by Crippen LogP contribution is -2.66. The van der Waals surface area contributed by atoms with Gasteiger partial charge in [0.15, 0.2) is 0 Å². The molecule has 0 aromatic heterocycles. The average molecular weight is 350 g/mol. The monoisotopic (exact) mass is 349 g/mol. The number of methoxy groups -OCH3 is 1. The molecule has 0 aromatic rings. The summed E-state index contributed by atoms with van der Waals surface area (Å²) in [6.45, 7) is 4.81. The summed E-state index contributed by atoms with van der Waals surface area (Å²) in [6, 6.07) is 0. The molecule has 0 saturated heterocycles. The highest BCUT2D eigenvalue weighted by molar-refractivity contribution is 5.73. The molecule has 0 aliphatic heterocycles. The number of carbonyl (C=O) groups is 1. The molecule has 3 unspecified atom stereocenters. The second kappa shape index (κ2) is 5.69. The highest BCUT2D eigenvalue weighted by Gasteiger charge is 2.64. The molecular formula is C21H35NO3. The standard InChI is InChI=1S/C21H35NO3/c1-19-8-4-9-21(19,22)16-6-5-13-11-17(23)14(18(24)25-3)12-20(13,2)15(16)7-10-19/h13-17,23H,4-12,22H2,1-3H3/t13?,14?,15-,16-,17?,19+,20+,21-/m1/s1. The fourth-order valence-corrected chi connectivity index (χ4v) is 7.75. The Kier molecular flexibility index (Phi) is 4.05. The van der Waals surface area contributed by atoms with E-state index in [0.717, 1.165) is 25.7 Å². The van der Waals surface area contributed by atoms with Gasteiger partial charge in [-0.25, -0.2) is 0 Å². The SMILES string of the molecule is COC(=O)C1C[C@@]2(C)C(CC[C@@H]3[C@H]2CC[C@]2(C)CCC[C@@]32N)CC1O. The van der Waals surface area contributed by atoms with E-state index in [1.54, 1.807) is 0 Å². The third-order valence-corrected chi connectivity index (χ3v) is 9.36. The molecule has 0 bridgehead atoms. The first-order valence-corrected chi connectivity index (χ1v) is 10.3. The Hall–Kier alpha value is -0.610. The lowest BCUT2D eigenvalue weighted by atomic mass is 9.42. The molecular weight excluding hydrogens is 314 g/mol. The minimum atomic E-state index is -0.547. The molecule has 25 heavy (non-hydrogen) atoms. The van der Waals surface area contributed by atoms with E-state index < -0.39 is 6.10 Å². The van der Waals surface area contributed by atoms with Crippen molar-refractivity contribution in [1.82, 2.24) is 0 Å². The van der Waals surface area contributed by atoms with Gasteiger partial charge in [0, 0.05) is 5.54 Å². The van der Waals surface area contributed by atoms with Crippen LogP contribution in [-0.2, 0) is 9.53 Å². The van der Waals surface area contributed by atoms with Crippen molar-refractivity contribution in [3.05, 3.63) is 0 Å². The van der Waals surface area contributed by atoms with E-state index in [4.69, 9.17) is 10.5 Å². The van der Waals surface area contributed by atoms with Crippen LogP contribution in [0.1, 0.15) is 71.6 Å². The smallest absolute Gasteiger partial charge is 0.311 e. The van der Waals surface area contributed by atoms with Crippen LogP contribution >= 0.6 is 0 Å². The molecule has 4 fully saturated rings. The molecule has 142 valence electrons. The summed E-state index contributed by atoms with van der Waals surface area (Å²) < 4.78 is 5.00. The van der Waals surface area contributed by atoms with Gasteiger partial charge in [-0.15, -0.1) is 0 Å². The van der Waals surface area contributed by atoms with Gasteiger partial charge in [-0.05, 0) is 80.0 Å². The number of ether oxygens (including phenoxy) is 1. The molecule has 0 heterocycles. The van der Waals surface area contributed by atoms with Crippen LogP contribution in [0.3, 0.4) is 0 Å². The molecule has 0 amide bonds. The zero-order valence-corrected chi connectivity index (χ0v) is 16.1. The van der Waals surface area contributed by atoms with Crippen molar-refractivity contribution in [2.75, 3.05) is 7.11 Å². The van der Waals surface area contributed by atoms with Gasteiger partial charge in [0.2, 0.25) is 0 Å². The van der Waals surface area contributed by atoms with Crippen molar-refractivity contribution in [2.24, 2.45) is 40.2 Å². The fourth-order valence-electron chi connectivity index (χ4n) is 7.75. The minimum Gasteiger partial charge on any atom is -0.469 e. The van der Waals surface area contributed by atoms with E-state index in [-0.39, 0.29) is 22.8 Å². The number of nitrogens with two attached hydrogens (primary N) is 1. The number of fused-ring (bicyclic) bond motifs is 5. The van der Waals surface area contributed by atoms with Gasteiger partial charge in [0.05, 0.1) is 19.1 Å². The lowest BCUT2D eigenvalue weighted by molar-refractivity contribution is -0.171. The first-order chi connectivity index (χ1) is 11.7. The van der Waals surface area contributed by atoms with Crippen LogP contribution in [0.4, 0.5) is 0 Å². The number of rotatable bonds is 1. The molecule has 0 aromatic carbocycles. The van der Waals surface area contributed by atoms with Crippen LogP contribution in [0.15, 0.2) is 0 Å². The Morgan fingerprint density at radius 1 is 1.12 bits per heavy atom. The zero-order valence-electron chi connectivity index (χ0n) is 16.1. The summed E-state index contributed by atoms with van der Waals surface area (Å²) in [4.78, 5) is 12.2. The summed E-state index contributed by atoms with van der Waals surface area (Å²) in [5.41, 5.74) is 7.52. The van der Waals surface area contributed by atoms with Crippen molar-refractivity contribution in [2.45, 2.75) is 83.3 Å². The van der Waals surface area contributed by atoms with E-state index in [9.17, 15) is 9.90 Å². The maximum Gasteiger partial charge on any atom is 0.311 e. The second-order valence-electron chi connectivity index (χ2n) is 10.1. The Morgan fingerprint density at radius 2 is 1.88 bits per heavy atom. The van der Waals surface area contributed by atoms with Gasteiger partial charge in [0.1, 0.15) is 0 Å². The van der Waals surface area contributed by atoms with Crippen molar-refractivity contribution < 1.29 is 14.6 Å². The van der Waals surface area contributed by atoms with Gasteiger partial charge >= 0.3 is 5.97 Å². The van der Waals surface area contributed by atoms with Gasteiger partial charge < -0.3 is 15.6 Å². The topological polar surface area (TPSA) is 72.5 Å². The van der Waals surface area contributed by atoms with Crippen molar-refractivity contribution in [3.8, 4) is 0 Å². The van der Waals surface area contributed by atoms with Gasteiger partial charge in [-0.1, -0.05) is 20.3 Å². The summed E-state index contributed by atoms with van der Waals surface area (Å²) in [5.74, 6) is 1.07. The Balaban J connectivity index is 1.66. The van der Waals surface area contributed by atoms with E-state index in [2.05, 4.69) is 13.8 Å². The van der Waals surface area contributed by atoms with Gasteiger partial charge in [-0.3, -0.25) is 4.79 Å². The number of aliphatic hydroxyl groups is 1. The third-order valence-electron chi connectivity index (χ3n) is 9.36. The maximum absolute atomic E-state index is 12.2. The van der Waals surface area contributed by atoms with Crippen molar-refractivity contribution >= 4 is 5.97 Å². The molecule has 4 rings (SSSR count). The number of hydrogen-bond donors (Lipinski definition) is 2. The number of hydrogen-bond acceptors (Lipinski definition) is 4. The normalized spacial score (nSPS) is 55.0. The summed E-state index contributed by atoms with van der Waals surface area (Å²) in [7, 11) is 1.44. The first kappa shape index (κ1) is 17.8. The van der Waals surface area contributed by atoms with Crippen LogP contribution in [0.2, 0.25) is 0 Å². The van der Waals surface area contributed by atoms with Crippen LogP contribution in [-0.4, -0.2) is 29.8 Å². The molecule has 3 N–H and O–H groups in total. The van der Waals surface area contributed by atoms with Crippen LogP contribution in [0.5, 0.6) is 0 Å². The van der Waals surface area contributed by atoms with E-state index in [1.165, 1.54) is 39.2 Å². The summed E-state index contributed by atoms with van der Waals surface area (Å²) in [6.07, 6.45) is 9.47. The van der Waals surface area contributed by atoms with Crippen LogP contribution < -0.4 is 5.73 Å². The van der Waals surface area contributed by atoms with Gasteiger partial charge in [0.25, 0.3) is 0 Å². The van der Waals surface area contributed by atoms with E-state index in [1.807, 2.05) is 0 Å². The Labute approximate surface area is 151 Å². The number of aliphatic hydroxyl groups excluding tert-OH is 1. The molecule has 0 radical (unpaired) electrons. The molecule has 4 saturated carbocycles. The molecule has 0 spiro atoms. The molecule has 8 atom stereocenters. The van der Waals surface area contributed by atoms with Gasteiger partial charge in [-0.2, -0.15) is 0 Å². The average Bonchev–Trinajstić information content (AvgIpc) is 2.89. The Bertz CT molecular complexity index is 565. The highest BCUT2D eigenvalue weighted by atomic mass is 16.5. The minimum absolute atomic E-state index is 0.0271. The molecule has 4 aliphatic rings. The van der Waals surface area contributed by atoms with Crippen molar-refractivity contribution in [3.63, 3.8) is 0 Å². The summed E-state index contributed by atoms with van der Waals surface area (Å²) in [5, 5.41) is 10.5. The first-order valence-electron chi connectivity index (χ1n) is 10.3. The zero-order chi connectivity index (χ0) is 18.0. The largest absolute Gasteiger partial charge is 0.469 e. The highest BCUT2D eigenvalue weighted by Crippen LogP contribution is 2.67. The lowest BCUT2D eigenvalue weighted by Gasteiger charge is -2.64. The molecule has 4 heteroatoms. The maximum atomic E-state index is 12.2. The van der Waals surface area contributed by atoms with E-state index in [0.29, 0.717) is 23.2 Å². The molecule has 4 aliphatic carbocycles. The number of esters is 1. The predicted molar refractivity (Wildman–Crippen MR) is 96.7 cm³/mol. The predicted octanol–water partition coefficient (Wildman–Crippen LogP) is 3.26. The van der Waals surface area contributed by atoms with Crippen LogP contribution in [0, 0.1) is 34.5 Å². The van der Waals surface area contributed by atoms with E-state index >= 15 is 0 Å². The molecule has 4 nitrogen and oxygen atoms in total. The Morgan fingerprint density at radius 3 is 2.60 bits per heavy atom. The number of carbonyl (C=O) groups excluding carboxylic acids is 1. The quantitative estimate of drug-likeness (QED) is 0.713. The second-order valence-corrected chi connectivity index (χ2v) is 10.1. The summed E-state index contributed by atoms with van der Waals surface area (Å²) >= 11 is 0. The van der Waals surface area contributed by atoms with Crippen LogP contribution in [0.25, 0.3) is 0 Å². The third kappa shape index (κ3) is 2.29.